The number of rotatable bonds is 3. The zero-order valence-corrected chi connectivity index (χ0v) is 8.63. The Morgan fingerprint density at radius 2 is 2.27 bits per heavy atom. The maximum atomic E-state index is 11.3. The fourth-order valence-electron chi connectivity index (χ4n) is 1.34. The van der Waals surface area contributed by atoms with Gasteiger partial charge in [0.15, 0.2) is 0 Å². The maximum absolute atomic E-state index is 11.3. The summed E-state index contributed by atoms with van der Waals surface area (Å²) in [5.41, 5.74) is 0. The Morgan fingerprint density at radius 1 is 1.53 bits per heavy atom. The molecule has 1 saturated heterocycles. The van der Waals surface area contributed by atoms with Crippen LogP contribution in [0.4, 0.5) is 0 Å². The number of amides is 3. The van der Waals surface area contributed by atoms with E-state index < -0.39 is 0 Å². The highest BCUT2D eigenvalue weighted by atomic mass is 16.2. The van der Waals surface area contributed by atoms with E-state index in [1.165, 1.54) is 6.92 Å². The van der Waals surface area contributed by atoms with Crippen molar-refractivity contribution in [1.29, 1.82) is 0 Å². The molecule has 0 radical (unpaired) electrons. The highest BCUT2D eigenvalue weighted by Gasteiger charge is 2.19. The molecule has 3 N–H and O–H groups in total. The monoisotopic (exact) mass is 213 g/mol. The molecule has 0 bridgehead atoms. The molecule has 0 saturated carbocycles. The lowest BCUT2D eigenvalue weighted by atomic mass is 10.1. The molecule has 84 valence electrons. The minimum Gasteiger partial charge on any atom is -0.354 e. The first-order valence-electron chi connectivity index (χ1n) is 4.88. The molecule has 1 fully saturated rings. The van der Waals surface area contributed by atoms with Crippen molar-refractivity contribution >= 4 is 17.7 Å². The maximum Gasteiger partial charge on any atom is 0.239 e. The van der Waals surface area contributed by atoms with E-state index >= 15 is 0 Å². The first-order chi connectivity index (χ1) is 7.08. The second-order valence-electron chi connectivity index (χ2n) is 3.52. The molecule has 15 heavy (non-hydrogen) atoms. The molecule has 1 atom stereocenters. The van der Waals surface area contributed by atoms with Gasteiger partial charge in [-0.1, -0.05) is 0 Å². The molecule has 1 unspecified atom stereocenters. The van der Waals surface area contributed by atoms with Gasteiger partial charge in [0.1, 0.15) is 0 Å². The third-order valence-corrected chi connectivity index (χ3v) is 2.13. The molecule has 1 rings (SSSR count). The van der Waals surface area contributed by atoms with Gasteiger partial charge in [-0.2, -0.15) is 0 Å². The van der Waals surface area contributed by atoms with Gasteiger partial charge in [0.05, 0.1) is 6.54 Å². The lowest BCUT2D eigenvalue weighted by Crippen LogP contribution is -2.49. The van der Waals surface area contributed by atoms with Crippen LogP contribution < -0.4 is 16.0 Å². The Kier molecular flexibility index (Phi) is 4.08. The second-order valence-corrected chi connectivity index (χ2v) is 3.52. The lowest BCUT2D eigenvalue weighted by molar-refractivity contribution is -0.126. The number of piperidine rings is 1. The summed E-state index contributed by atoms with van der Waals surface area (Å²) in [5.74, 6) is -0.448. The van der Waals surface area contributed by atoms with Gasteiger partial charge in [-0.15, -0.1) is 0 Å². The Hall–Kier alpha value is -1.59. The molecular formula is C9H15N3O3. The van der Waals surface area contributed by atoms with Gasteiger partial charge in [-0.3, -0.25) is 14.4 Å². The second kappa shape index (κ2) is 5.33. The molecule has 0 aromatic heterocycles. The summed E-state index contributed by atoms with van der Waals surface area (Å²) >= 11 is 0. The zero-order chi connectivity index (χ0) is 11.3. The molecule has 1 heterocycles. The van der Waals surface area contributed by atoms with Crippen LogP contribution in [-0.4, -0.2) is 36.9 Å². The molecule has 0 spiro atoms. The first kappa shape index (κ1) is 11.5. The Morgan fingerprint density at radius 3 is 2.80 bits per heavy atom. The van der Waals surface area contributed by atoms with Crippen molar-refractivity contribution in [3.63, 3.8) is 0 Å². The standard InChI is InChI=1S/C9H15N3O3/c1-6(13)10-5-9(15)12-7-2-3-8(14)11-4-7/h7H,2-5H2,1H3,(H,10,13)(H,11,14)(H,12,15). The van der Waals surface area contributed by atoms with Crippen molar-refractivity contribution in [3.8, 4) is 0 Å². The van der Waals surface area contributed by atoms with Gasteiger partial charge in [0.2, 0.25) is 17.7 Å². The predicted octanol–water partition coefficient (Wildman–Crippen LogP) is -1.48. The average molecular weight is 213 g/mol. The summed E-state index contributed by atoms with van der Waals surface area (Å²) in [6.45, 7) is 1.80. The van der Waals surface area contributed by atoms with Crippen LogP contribution in [0.1, 0.15) is 19.8 Å². The molecular weight excluding hydrogens is 198 g/mol. The highest BCUT2D eigenvalue weighted by molar-refractivity contribution is 5.84. The number of hydrogen-bond donors (Lipinski definition) is 3. The normalized spacial score (nSPS) is 20.3. The summed E-state index contributed by atoms with van der Waals surface area (Å²) in [6.07, 6.45) is 1.09. The van der Waals surface area contributed by atoms with Gasteiger partial charge in [0, 0.05) is 25.9 Å². The minimum absolute atomic E-state index is 0.0141. The number of carbonyl (C=O) groups excluding carboxylic acids is 3. The van der Waals surface area contributed by atoms with Gasteiger partial charge in [0.25, 0.3) is 0 Å². The molecule has 1 aliphatic heterocycles. The summed E-state index contributed by atoms with van der Waals surface area (Å²) in [7, 11) is 0. The van der Waals surface area contributed by atoms with Crippen LogP contribution in [0, 0.1) is 0 Å². The van der Waals surface area contributed by atoms with E-state index in [2.05, 4.69) is 16.0 Å². The van der Waals surface area contributed by atoms with Crippen LogP contribution in [0.3, 0.4) is 0 Å². The van der Waals surface area contributed by atoms with Crippen molar-refractivity contribution in [2.24, 2.45) is 0 Å². The van der Waals surface area contributed by atoms with Crippen LogP contribution in [0.25, 0.3) is 0 Å². The predicted molar refractivity (Wildman–Crippen MR) is 52.9 cm³/mol. The van der Waals surface area contributed by atoms with Crippen molar-refractivity contribution < 1.29 is 14.4 Å². The Labute approximate surface area is 87.8 Å². The molecule has 0 aromatic rings. The van der Waals surface area contributed by atoms with Crippen LogP contribution in [0.5, 0.6) is 0 Å². The third kappa shape index (κ3) is 4.44. The van der Waals surface area contributed by atoms with Gasteiger partial charge >= 0.3 is 0 Å². The Bertz CT molecular complexity index is 268. The van der Waals surface area contributed by atoms with Crippen LogP contribution >= 0.6 is 0 Å². The molecule has 1 aliphatic rings. The Balaban J connectivity index is 2.20. The van der Waals surface area contributed by atoms with Gasteiger partial charge < -0.3 is 16.0 Å². The van der Waals surface area contributed by atoms with Crippen molar-refractivity contribution in [2.45, 2.75) is 25.8 Å². The van der Waals surface area contributed by atoms with E-state index in [1.807, 2.05) is 0 Å². The zero-order valence-electron chi connectivity index (χ0n) is 8.63. The molecule has 0 aliphatic carbocycles. The lowest BCUT2D eigenvalue weighted by Gasteiger charge is -2.23. The van der Waals surface area contributed by atoms with Gasteiger partial charge in [-0.05, 0) is 6.42 Å². The van der Waals surface area contributed by atoms with Crippen molar-refractivity contribution in [3.05, 3.63) is 0 Å². The smallest absolute Gasteiger partial charge is 0.239 e. The van der Waals surface area contributed by atoms with Crippen molar-refractivity contribution in [2.75, 3.05) is 13.1 Å². The fourth-order valence-corrected chi connectivity index (χ4v) is 1.34. The summed E-state index contributed by atoms with van der Waals surface area (Å²) in [5, 5.41) is 7.79. The summed E-state index contributed by atoms with van der Waals surface area (Å²) in [6, 6.07) is -0.0241. The minimum atomic E-state index is -0.234. The number of carbonyl (C=O) groups is 3. The van der Waals surface area contributed by atoms with Crippen molar-refractivity contribution in [1.82, 2.24) is 16.0 Å². The topological polar surface area (TPSA) is 87.3 Å². The van der Waals surface area contributed by atoms with E-state index in [9.17, 15) is 14.4 Å². The number of nitrogens with one attached hydrogen (secondary N) is 3. The molecule has 6 heteroatoms. The first-order valence-corrected chi connectivity index (χ1v) is 4.88. The largest absolute Gasteiger partial charge is 0.354 e. The SMILES string of the molecule is CC(=O)NCC(=O)NC1CCC(=O)NC1. The van der Waals surface area contributed by atoms with Gasteiger partial charge in [-0.25, -0.2) is 0 Å². The summed E-state index contributed by atoms with van der Waals surface area (Å²) in [4.78, 5) is 32.6. The molecule has 6 nitrogen and oxygen atoms in total. The van der Waals surface area contributed by atoms with E-state index in [-0.39, 0.29) is 30.3 Å². The van der Waals surface area contributed by atoms with E-state index in [0.29, 0.717) is 19.4 Å². The van der Waals surface area contributed by atoms with E-state index in [1.54, 1.807) is 0 Å². The molecule has 0 aromatic carbocycles. The van der Waals surface area contributed by atoms with Crippen LogP contribution in [0.2, 0.25) is 0 Å². The fraction of sp³-hybridized carbons (Fsp3) is 0.667. The molecule has 3 amide bonds. The number of hydrogen-bond acceptors (Lipinski definition) is 3. The quantitative estimate of drug-likeness (QED) is 0.534. The summed E-state index contributed by atoms with van der Waals surface area (Å²) < 4.78 is 0. The van der Waals surface area contributed by atoms with E-state index in [4.69, 9.17) is 0 Å². The van der Waals surface area contributed by atoms with E-state index in [0.717, 1.165) is 0 Å². The van der Waals surface area contributed by atoms with Crippen LogP contribution in [0.15, 0.2) is 0 Å². The average Bonchev–Trinajstić information content (AvgIpc) is 2.19. The van der Waals surface area contributed by atoms with Crippen LogP contribution in [-0.2, 0) is 14.4 Å². The highest BCUT2D eigenvalue weighted by Crippen LogP contribution is 2.01. The third-order valence-electron chi connectivity index (χ3n) is 2.13.